The van der Waals surface area contributed by atoms with Gasteiger partial charge in [0.15, 0.2) is 6.61 Å². The number of hydrogen-bond donors (Lipinski definition) is 2. The number of nitrogens with two attached hydrogens (primary N) is 1. The lowest BCUT2D eigenvalue weighted by Crippen LogP contribution is -2.38. The molecule has 1 amide bonds. The molecule has 0 bridgehead atoms. The van der Waals surface area contributed by atoms with Crippen molar-refractivity contribution in [3.8, 4) is 0 Å². The van der Waals surface area contributed by atoms with E-state index in [1.165, 1.54) is 12.5 Å². The smallest absolute Gasteiger partial charge is 0.340 e. The van der Waals surface area contributed by atoms with Crippen molar-refractivity contribution in [3.05, 3.63) is 29.6 Å². The van der Waals surface area contributed by atoms with Crippen LogP contribution in [0.1, 0.15) is 42.5 Å². The van der Waals surface area contributed by atoms with Crippen LogP contribution in [-0.2, 0) is 9.53 Å². The van der Waals surface area contributed by atoms with E-state index in [0.717, 1.165) is 37.8 Å². The SMILES string of the molecule is Nc1cc(F)ccc1C(=O)OCC(=O)NC1CCCCC1. The fourth-order valence-corrected chi connectivity index (χ4v) is 2.44. The van der Waals surface area contributed by atoms with Crippen LogP contribution in [0.25, 0.3) is 0 Å². The van der Waals surface area contributed by atoms with Crippen LogP contribution in [0.5, 0.6) is 0 Å². The van der Waals surface area contributed by atoms with Crippen molar-refractivity contribution in [2.24, 2.45) is 0 Å². The highest BCUT2D eigenvalue weighted by Crippen LogP contribution is 2.17. The highest BCUT2D eigenvalue weighted by molar-refractivity contribution is 5.96. The van der Waals surface area contributed by atoms with Gasteiger partial charge in [-0.2, -0.15) is 0 Å². The molecule has 2 rings (SSSR count). The van der Waals surface area contributed by atoms with E-state index in [1.54, 1.807) is 0 Å². The van der Waals surface area contributed by atoms with E-state index >= 15 is 0 Å². The Bertz CT molecular complexity index is 528. The molecule has 0 radical (unpaired) electrons. The molecule has 114 valence electrons. The first kappa shape index (κ1) is 15.3. The molecule has 0 aliphatic heterocycles. The molecular formula is C15H19FN2O3. The Balaban J connectivity index is 1.81. The molecule has 1 aliphatic rings. The van der Waals surface area contributed by atoms with Gasteiger partial charge in [-0.3, -0.25) is 4.79 Å². The molecule has 1 fully saturated rings. The second-order valence-electron chi connectivity index (χ2n) is 5.21. The number of nitrogen functional groups attached to an aromatic ring is 1. The lowest BCUT2D eigenvalue weighted by Gasteiger charge is -2.22. The van der Waals surface area contributed by atoms with Crippen molar-refractivity contribution in [1.82, 2.24) is 5.32 Å². The summed E-state index contributed by atoms with van der Waals surface area (Å²) in [5.74, 6) is -1.58. The molecule has 1 saturated carbocycles. The first-order chi connectivity index (χ1) is 10.1. The molecule has 1 aromatic rings. The number of nitrogens with one attached hydrogen (secondary N) is 1. The van der Waals surface area contributed by atoms with E-state index < -0.39 is 11.8 Å². The molecule has 21 heavy (non-hydrogen) atoms. The summed E-state index contributed by atoms with van der Waals surface area (Å²) in [7, 11) is 0. The summed E-state index contributed by atoms with van der Waals surface area (Å²) >= 11 is 0. The topological polar surface area (TPSA) is 81.4 Å². The van der Waals surface area contributed by atoms with E-state index in [4.69, 9.17) is 10.5 Å². The molecule has 1 aliphatic carbocycles. The average molecular weight is 294 g/mol. The molecule has 6 heteroatoms. The van der Waals surface area contributed by atoms with Crippen molar-refractivity contribution in [2.75, 3.05) is 12.3 Å². The van der Waals surface area contributed by atoms with E-state index in [1.807, 2.05) is 0 Å². The number of esters is 1. The Labute approximate surface area is 122 Å². The lowest BCUT2D eigenvalue weighted by molar-refractivity contribution is -0.125. The van der Waals surface area contributed by atoms with Gasteiger partial charge < -0.3 is 15.8 Å². The third-order valence-corrected chi connectivity index (χ3v) is 3.54. The van der Waals surface area contributed by atoms with Gasteiger partial charge in [-0.1, -0.05) is 19.3 Å². The standard InChI is InChI=1S/C15H19FN2O3/c16-10-6-7-12(13(17)8-10)15(20)21-9-14(19)18-11-4-2-1-3-5-11/h6-8,11H,1-5,9,17H2,(H,18,19). The van der Waals surface area contributed by atoms with Crippen LogP contribution >= 0.6 is 0 Å². The molecule has 0 atom stereocenters. The first-order valence-corrected chi connectivity index (χ1v) is 7.08. The van der Waals surface area contributed by atoms with Crippen LogP contribution < -0.4 is 11.1 Å². The third-order valence-electron chi connectivity index (χ3n) is 3.54. The van der Waals surface area contributed by atoms with Gasteiger partial charge in [-0.25, -0.2) is 9.18 Å². The summed E-state index contributed by atoms with van der Waals surface area (Å²) in [6.45, 7) is -0.355. The first-order valence-electron chi connectivity index (χ1n) is 7.08. The molecule has 0 spiro atoms. The Kier molecular flexibility index (Phi) is 5.14. The molecule has 0 saturated heterocycles. The van der Waals surface area contributed by atoms with Gasteiger partial charge in [0.1, 0.15) is 5.82 Å². The molecule has 0 aromatic heterocycles. The van der Waals surface area contributed by atoms with E-state index in [-0.39, 0.29) is 29.8 Å². The number of carbonyl (C=O) groups excluding carboxylic acids is 2. The Hall–Kier alpha value is -2.11. The summed E-state index contributed by atoms with van der Waals surface area (Å²) in [5.41, 5.74) is 5.59. The maximum absolute atomic E-state index is 12.9. The van der Waals surface area contributed by atoms with Gasteiger partial charge in [-0.05, 0) is 31.0 Å². The van der Waals surface area contributed by atoms with E-state index in [2.05, 4.69) is 5.32 Å². The maximum atomic E-state index is 12.9. The predicted octanol–water partition coefficient (Wildman–Crippen LogP) is 2.01. The largest absolute Gasteiger partial charge is 0.452 e. The molecule has 0 unspecified atom stereocenters. The van der Waals surface area contributed by atoms with Gasteiger partial charge in [0.05, 0.1) is 5.56 Å². The minimum atomic E-state index is -0.730. The van der Waals surface area contributed by atoms with Gasteiger partial charge in [0.2, 0.25) is 0 Å². The highest BCUT2D eigenvalue weighted by atomic mass is 19.1. The number of ether oxygens (including phenoxy) is 1. The van der Waals surface area contributed by atoms with Crippen molar-refractivity contribution < 1.29 is 18.7 Å². The van der Waals surface area contributed by atoms with Crippen molar-refractivity contribution in [2.45, 2.75) is 38.1 Å². The second kappa shape index (κ2) is 7.06. The quantitative estimate of drug-likeness (QED) is 0.657. The number of hydrogen-bond acceptors (Lipinski definition) is 4. The summed E-state index contributed by atoms with van der Waals surface area (Å²) in [4.78, 5) is 23.5. The highest BCUT2D eigenvalue weighted by Gasteiger charge is 2.18. The van der Waals surface area contributed by atoms with Crippen LogP contribution in [0.2, 0.25) is 0 Å². The molecular weight excluding hydrogens is 275 g/mol. The predicted molar refractivity (Wildman–Crippen MR) is 76.1 cm³/mol. The number of rotatable bonds is 4. The van der Waals surface area contributed by atoms with Crippen LogP contribution in [0, 0.1) is 5.82 Å². The number of benzene rings is 1. The Morgan fingerprint density at radius 3 is 2.67 bits per heavy atom. The summed E-state index contributed by atoms with van der Waals surface area (Å²) in [6.07, 6.45) is 5.34. The van der Waals surface area contributed by atoms with Gasteiger partial charge in [0, 0.05) is 11.7 Å². The minimum Gasteiger partial charge on any atom is -0.452 e. The van der Waals surface area contributed by atoms with Gasteiger partial charge >= 0.3 is 5.97 Å². The molecule has 1 aromatic carbocycles. The van der Waals surface area contributed by atoms with Crippen LogP contribution in [-0.4, -0.2) is 24.5 Å². The summed E-state index contributed by atoms with van der Waals surface area (Å²) < 4.78 is 17.8. The number of amides is 1. The van der Waals surface area contributed by atoms with E-state index in [0.29, 0.717) is 0 Å². The molecule has 0 heterocycles. The normalized spacial score (nSPS) is 15.5. The average Bonchev–Trinajstić information content (AvgIpc) is 2.46. The summed E-state index contributed by atoms with van der Waals surface area (Å²) in [5, 5.41) is 2.84. The zero-order valence-corrected chi connectivity index (χ0v) is 11.7. The number of anilines is 1. The molecule has 3 N–H and O–H groups in total. The summed E-state index contributed by atoms with van der Waals surface area (Å²) in [6, 6.07) is 3.57. The van der Waals surface area contributed by atoms with Crippen molar-refractivity contribution in [3.63, 3.8) is 0 Å². The number of halogens is 1. The van der Waals surface area contributed by atoms with Crippen molar-refractivity contribution in [1.29, 1.82) is 0 Å². The van der Waals surface area contributed by atoms with Crippen LogP contribution in [0.4, 0.5) is 10.1 Å². The Morgan fingerprint density at radius 2 is 2.00 bits per heavy atom. The zero-order chi connectivity index (χ0) is 15.2. The second-order valence-corrected chi connectivity index (χ2v) is 5.21. The van der Waals surface area contributed by atoms with Gasteiger partial charge in [0.25, 0.3) is 5.91 Å². The monoisotopic (exact) mass is 294 g/mol. The third kappa shape index (κ3) is 4.44. The number of carbonyl (C=O) groups is 2. The lowest BCUT2D eigenvalue weighted by atomic mass is 9.95. The van der Waals surface area contributed by atoms with E-state index in [9.17, 15) is 14.0 Å². The zero-order valence-electron chi connectivity index (χ0n) is 11.7. The minimum absolute atomic E-state index is 0.00677. The van der Waals surface area contributed by atoms with Crippen molar-refractivity contribution >= 4 is 17.6 Å². The molecule has 5 nitrogen and oxygen atoms in total. The maximum Gasteiger partial charge on any atom is 0.340 e. The fourth-order valence-electron chi connectivity index (χ4n) is 2.44. The van der Waals surface area contributed by atoms with Crippen LogP contribution in [0.3, 0.4) is 0 Å². The fraction of sp³-hybridized carbons (Fsp3) is 0.467. The van der Waals surface area contributed by atoms with Crippen LogP contribution in [0.15, 0.2) is 18.2 Å². The van der Waals surface area contributed by atoms with Gasteiger partial charge in [-0.15, -0.1) is 0 Å². The Morgan fingerprint density at radius 1 is 1.29 bits per heavy atom.